The lowest BCUT2D eigenvalue weighted by molar-refractivity contribution is 0.0942. The number of para-hydroxylation sites is 1. The van der Waals surface area contributed by atoms with Crippen LogP contribution in [0.1, 0.15) is 30.1 Å². The molecular formula is C14H21FN2O2. The van der Waals surface area contributed by atoms with Crippen molar-refractivity contribution in [2.45, 2.75) is 19.8 Å². The molecule has 0 radical (unpaired) electrons. The fourth-order valence-electron chi connectivity index (χ4n) is 1.69. The Balaban J connectivity index is 2.43. The van der Waals surface area contributed by atoms with Crippen molar-refractivity contribution < 1.29 is 13.9 Å². The largest absolute Gasteiger partial charge is 0.385 e. The lowest BCUT2D eigenvalue weighted by Gasteiger charge is -2.10. The van der Waals surface area contributed by atoms with Gasteiger partial charge in [-0.2, -0.15) is 0 Å². The first kappa shape index (κ1) is 15.4. The van der Waals surface area contributed by atoms with Crippen LogP contribution in [0.5, 0.6) is 0 Å². The second-order valence-corrected chi connectivity index (χ2v) is 4.13. The summed E-state index contributed by atoms with van der Waals surface area (Å²) in [6.45, 7) is 3.92. The summed E-state index contributed by atoms with van der Waals surface area (Å²) in [6.07, 6.45) is 1.73. The predicted molar refractivity (Wildman–Crippen MR) is 74.0 cm³/mol. The van der Waals surface area contributed by atoms with E-state index in [1.807, 2.05) is 6.92 Å². The van der Waals surface area contributed by atoms with Crippen LogP contribution in [0.4, 0.5) is 10.1 Å². The van der Waals surface area contributed by atoms with E-state index < -0.39 is 5.82 Å². The first-order valence-electron chi connectivity index (χ1n) is 6.53. The zero-order chi connectivity index (χ0) is 14.1. The third-order valence-electron chi connectivity index (χ3n) is 2.61. The van der Waals surface area contributed by atoms with Gasteiger partial charge in [0.25, 0.3) is 5.91 Å². The van der Waals surface area contributed by atoms with Gasteiger partial charge in [0.15, 0.2) is 0 Å². The molecule has 1 aromatic rings. The molecule has 0 bridgehead atoms. The number of nitrogens with one attached hydrogen (secondary N) is 2. The molecule has 0 aliphatic heterocycles. The van der Waals surface area contributed by atoms with Gasteiger partial charge in [-0.05, 0) is 25.0 Å². The van der Waals surface area contributed by atoms with Crippen LogP contribution in [-0.2, 0) is 4.74 Å². The topological polar surface area (TPSA) is 50.4 Å². The highest BCUT2D eigenvalue weighted by Crippen LogP contribution is 2.18. The van der Waals surface area contributed by atoms with Crippen molar-refractivity contribution in [1.82, 2.24) is 5.32 Å². The molecule has 19 heavy (non-hydrogen) atoms. The van der Waals surface area contributed by atoms with Gasteiger partial charge in [-0.25, -0.2) is 4.39 Å². The zero-order valence-corrected chi connectivity index (χ0v) is 11.5. The molecule has 0 unspecified atom stereocenters. The van der Waals surface area contributed by atoms with Gasteiger partial charge in [0.2, 0.25) is 0 Å². The van der Waals surface area contributed by atoms with Crippen LogP contribution in [0.25, 0.3) is 0 Å². The summed E-state index contributed by atoms with van der Waals surface area (Å²) in [5.74, 6) is -0.708. The van der Waals surface area contributed by atoms with Gasteiger partial charge >= 0.3 is 0 Å². The average Bonchev–Trinajstić information content (AvgIpc) is 2.42. The molecule has 1 amide bonds. The van der Waals surface area contributed by atoms with E-state index in [0.717, 1.165) is 19.4 Å². The molecule has 0 saturated heterocycles. The van der Waals surface area contributed by atoms with Crippen molar-refractivity contribution in [2.24, 2.45) is 0 Å². The molecule has 0 aromatic heterocycles. The summed E-state index contributed by atoms with van der Waals surface area (Å²) in [4.78, 5) is 11.9. The second kappa shape index (κ2) is 8.48. The summed E-state index contributed by atoms with van der Waals surface area (Å²) >= 11 is 0. The zero-order valence-electron chi connectivity index (χ0n) is 11.5. The van der Waals surface area contributed by atoms with Crippen LogP contribution in [0, 0.1) is 5.82 Å². The van der Waals surface area contributed by atoms with Gasteiger partial charge in [-0.15, -0.1) is 0 Å². The van der Waals surface area contributed by atoms with Gasteiger partial charge in [-0.1, -0.05) is 13.0 Å². The minimum atomic E-state index is -0.429. The second-order valence-electron chi connectivity index (χ2n) is 4.13. The number of rotatable bonds is 8. The Morgan fingerprint density at radius 1 is 1.37 bits per heavy atom. The smallest absolute Gasteiger partial charge is 0.253 e. The van der Waals surface area contributed by atoms with E-state index in [0.29, 0.717) is 18.7 Å². The Hall–Kier alpha value is -1.62. The van der Waals surface area contributed by atoms with Gasteiger partial charge in [-0.3, -0.25) is 4.79 Å². The minimum Gasteiger partial charge on any atom is -0.385 e. The molecule has 106 valence electrons. The number of halogens is 1. The summed E-state index contributed by atoms with van der Waals surface area (Å²) < 4.78 is 18.8. The number of hydrogen-bond donors (Lipinski definition) is 2. The third-order valence-corrected chi connectivity index (χ3v) is 2.61. The maximum atomic E-state index is 13.5. The van der Waals surface area contributed by atoms with Crippen molar-refractivity contribution in [3.05, 3.63) is 29.6 Å². The van der Waals surface area contributed by atoms with E-state index in [2.05, 4.69) is 10.6 Å². The summed E-state index contributed by atoms with van der Waals surface area (Å²) in [7, 11) is 1.59. The Morgan fingerprint density at radius 3 is 2.84 bits per heavy atom. The van der Waals surface area contributed by atoms with Crippen LogP contribution < -0.4 is 10.6 Å². The Bertz CT molecular complexity index is 410. The van der Waals surface area contributed by atoms with Gasteiger partial charge in [0, 0.05) is 26.8 Å². The Kier molecular flexibility index (Phi) is 6.89. The van der Waals surface area contributed by atoms with Crippen LogP contribution in [0.2, 0.25) is 0 Å². The van der Waals surface area contributed by atoms with Gasteiger partial charge in [0.05, 0.1) is 11.3 Å². The number of hydrogen-bond acceptors (Lipinski definition) is 3. The lowest BCUT2D eigenvalue weighted by Crippen LogP contribution is -2.26. The highest BCUT2D eigenvalue weighted by Gasteiger charge is 2.13. The third kappa shape index (κ3) is 4.87. The summed E-state index contributed by atoms with van der Waals surface area (Å²) in [6, 6.07) is 4.44. The maximum absolute atomic E-state index is 13.5. The molecule has 0 fully saturated rings. The van der Waals surface area contributed by atoms with Crippen molar-refractivity contribution in [3.8, 4) is 0 Å². The van der Waals surface area contributed by atoms with Crippen molar-refractivity contribution >= 4 is 11.6 Å². The van der Waals surface area contributed by atoms with Crippen molar-refractivity contribution in [3.63, 3.8) is 0 Å². The fraction of sp³-hybridized carbons (Fsp3) is 0.500. The highest BCUT2D eigenvalue weighted by atomic mass is 19.1. The van der Waals surface area contributed by atoms with Gasteiger partial charge in [0.1, 0.15) is 5.82 Å². The maximum Gasteiger partial charge on any atom is 0.253 e. The van der Waals surface area contributed by atoms with Crippen LogP contribution >= 0.6 is 0 Å². The quantitative estimate of drug-likeness (QED) is 0.712. The van der Waals surface area contributed by atoms with Crippen LogP contribution in [-0.4, -0.2) is 32.7 Å². The van der Waals surface area contributed by atoms with Crippen LogP contribution in [0.15, 0.2) is 18.2 Å². The Morgan fingerprint density at radius 2 is 2.16 bits per heavy atom. The molecule has 0 heterocycles. The first-order chi connectivity index (χ1) is 9.20. The van der Waals surface area contributed by atoms with E-state index in [1.54, 1.807) is 13.1 Å². The molecule has 4 nitrogen and oxygen atoms in total. The minimum absolute atomic E-state index is 0.224. The number of ether oxygens (including phenoxy) is 1. The molecule has 1 aromatic carbocycles. The fourth-order valence-corrected chi connectivity index (χ4v) is 1.69. The van der Waals surface area contributed by atoms with E-state index in [-0.39, 0.29) is 11.6 Å². The molecule has 0 spiro atoms. The van der Waals surface area contributed by atoms with E-state index in [1.165, 1.54) is 12.1 Å². The summed E-state index contributed by atoms with van der Waals surface area (Å²) in [5.41, 5.74) is 0.541. The molecule has 5 heteroatoms. The molecular weight excluding hydrogens is 247 g/mol. The number of anilines is 1. The van der Waals surface area contributed by atoms with Crippen molar-refractivity contribution in [2.75, 3.05) is 32.1 Å². The summed E-state index contributed by atoms with van der Waals surface area (Å²) in [5, 5.41) is 5.45. The molecule has 1 rings (SSSR count). The molecule has 0 aliphatic carbocycles. The predicted octanol–water partition coefficient (Wildman–Crippen LogP) is 2.41. The molecule has 0 aliphatic rings. The number of benzene rings is 1. The SMILES string of the molecule is CCCOCCCNC(=O)c1cccc(F)c1NC. The number of carbonyl (C=O) groups excluding carboxylic acids is 1. The molecule has 0 saturated carbocycles. The average molecular weight is 268 g/mol. The lowest BCUT2D eigenvalue weighted by atomic mass is 10.1. The number of amides is 1. The van der Waals surface area contributed by atoms with Gasteiger partial charge < -0.3 is 15.4 Å². The van der Waals surface area contributed by atoms with E-state index >= 15 is 0 Å². The van der Waals surface area contributed by atoms with E-state index in [9.17, 15) is 9.18 Å². The molecule has 0 atom stereocenters. The van der Waals surface area contributed by atoms with Crippen molar-refractivity contribution in [1.29, 1.82) is 0 Å². The Labute approximate surface area is 113 Å². The highest BCUT2D eigenvalue weighted by molar-refractivity contribution is 5.99. The normalized spacial score (nSPS) is 10.3. The number of carbonyl (C=O) groups is 1. The standard InChI is InChI=1S/C14H21FN2O2/c1-3-9-19-10-5-8-17-14(18)11-6-4-7-12(15)13(11)16-2/h4,6-7,16H,3,5,8-10H2,1-2H3,(H,17,18). The monoisotopic (exact) mass is 268 g/mol. The molecule has 2 N–H and O–H groups in total. The van der Waals surface area contributed by atoms with Crippen LogP contribution in [0.3, 0.4) is 0 Å². The first-order valence-corrected chi connectivity index (χ1v) is 6.53. The van der Waals surface area contributed by atoms with E-state index in [4.69, 9.17) is 4.74 Å².